The van der Waals surface area contributed by atoms with Crippen LogP contribution in [0.1, 0.15) is 39.5 Å². The summed E-state index contributed by atoms with van der Waals surface area (Å²) >= 11 is 0. The molecule has 0 radical (unpaired) electrons. The summed E-state index contributed by atoms with van der Waals surface area (Å²) in [4.78, 5) is 24.3. The highest BCUT2D eigenvalue weighted by Gasteiger charge is 2.10. The van der Waals surface area contributed by atoms with Crippen LogP contribution in [0.25, 0.3) is 22.0 Å². The first-order chi connectivity index (χ1) is 14.1. The number of nitrogens with zero attached hydrogens (tertiary/aromatic N) is 1. The van der Waals surface area contributed by atoms with Crippen LogP contribution in [0.3, 0.4) is 0 Å². The zero-order chi connectivity index (χ0) is 20.6. The third-order valence-corrected chi connectivity index (χ3v) is 5.05. The number of amides is 1. The van der Waals surface area contributed by atoms with Crippen LogP contribution in [0.4, 0.5) is 5.69 Å². The summed E-state index contributed by atoms with van der Waals surface area (Å²) in [5.41, 5.74) is 2.04. The largest absolute Gasteiger partial charge is 0.326 e. The highest BCUT2D eigenvalue weighted by atomic mass is 35.5. The Bertz CT molecular complexity index is 1030. The van der Waals surface area contributed by atoms with E-state index in [1.54, 1.807) is 6.07 Å². The van der Waals surface area contributed by atoms with E-state index < -0.39 is 0 Å². The van der Waals surface area contributed by atoms with Gasteiger partial charge in [-0.1, -0.05) is 37.3 Å². The van der Waals surface area contributed by atoms with Crippen LogP contribution in [-0.2, 0) is 4.79 Å². The molecule has 3 aromatic rings. The smallest absolute Gasteiger partial charge is 0.272 e. The molecule has 1 atom stereocenters. The second kappa shape index (κ2) is 11.5. The Morgan fingerprint density at radius 2 is 1.87 bits per heavy atom. The number of unbranched alkanes of at least 4 members (excludes halogenated alkanes) is 1. The number of carbonyl (C=O) groups is 1. The molecule has 1 aromatic heterocycles. The van der Waals surface area contributed by atoms with Gasteiger partial charge in [0.25, 0.3) is 5.56 Å². The molecule has 1 unspecified atom stereocenters. The van der Waals surface area contributed by atoms with E-state index in [0.717, 1.165) is 42.4 Å². The topological polar surface area (TPSA) is 86.9 Å². The van der Waals surface area contributed by atoms with Crippen molar-refractivity contribution in [3.63, 3.8) is 0 Å². The van der Waals surface area contributed by atoms with Gasteiger partial charge >= 0.3 is 0 Å². The molecule has 0 bridgehead atoms. The van der Waals surface area contributed by atoms with Gasteiger partial charge in [-0.2, -0.15) is 5.10 Å². The lowest BCUT2D eigenvalue weighted by Gasteiger charge is -2.11. The van der Waals surface area contributed by atoms with Gasteiger partial charge in [0.1, 0.15) is 0 Å². The average molecular weight is 429 g/mol. The number of hydrogen-bond acceptors (Lipinski definition) is 4. The second-order valence-electron chi connectivity index (χ2n) is 7.30. The Morgan fingerprint density at radius 3 is 2.63 bits per heavy atom. The summed E-state index contributed by atoms with van der Waals surface area (Å²) in [5.74, 6) is 0.00461. The number of aromatic nitrogens is 2. The summed E-state index contributed by atoms with van der Waals surface area (Å²) in [6, 6.07) is 15.4. The van der Waals surface area contributed by atoms with Crippen LogP contribution in [0, 0.1) is 0 Å². The molecule has 0 fully saturated rings. The molecule has 0 aliphatic rings. The third kappa shape index (κ3) is 6.15. The Balaban J connectivity index is 0.00000320. The lowest BCUT2D eigenvalue weighted by molar-refractivity contribution is -0.116. The molecule has 1 amide bonds. The Kier molecular flexibility index (Phi) is 9.02. The molecule has 0 spiro atoms. The minimum Gasteiger partial charge on any atom is -0.326 e. The van der Waals surface area contributed by atoms with Gasteiger partial charge in [-0.05, 0) is 50.9 Å². The minimum absolute atomic E-state index is 0. The minimum atomic E-state index is -0.211. The number of carbonyl (C=O) groups excluding carboxylic acids is 1. The number of anilines is 1. The van der Waals surface area contributed by atoms with Crippen LogP contribution in [0.15, 0.2) is 53.3 Å². The van der Waals surface area contributed by atoms with Crippen LogP contribution in [0.2, 0.25) is 0 Å². The number of rotatable bonds is 9. The Hall–Kier alpha value is -2.70. The van der Waals surface area contributed by atoms with Crippen molar-refractivity contribution in [1.82, 2.24) is 15.5 Å². The quantitative estimate of drug-likeness (QED) is 0.437. The second-order valence-corrected chi connectivity index (χ2v) is 7.30. The van der Waals surface area contributed by atoms with Gasteiger partial charge in [0, 0.05) is 29.1 Å². The van der Waals surface area contributed by atoms with E-state index in [9.17, 15) is 9.59 Å². The van der Waals surface area contributed by atoms with E-state index in [4.69, 9.17) is 0 Å². The number of benzene rings is 2. The van der Waals surface area contributed by atoms with Gasteiger partial charge in [0.15, 0.2) is 0 Å². The molecule has 1 heterocycles. The molecule has 3 rings (SSSR count). The van der Waals surface area contributed by atoms with Gasteiger partial charge in [-0.25, -0.2) is 5.10 Å². The number of nitrogens with one attached hydrogen (secondary N) is 3. The normalized spacial score (nSPS) is 11.7. The van der Waals surface area contributed by atoms with Crippen LogP contribution in [0.5, 0.6) is 0 Å². The van der Waals surface area contributed by atoms with Crippen LogP contribution in [-0.4, -0.2) is 28.7 Å². The van der Waals surface area contributed by atoms with E-state index in [2.05, 4.69) is 34.7 Å². The summed E-state index contributed by atoms with van der Waals surface area (Å²) in [6.45, 7) is 5.26. The SMILES string of the molecule is CCC(C)NCCCCC(=O)Nc1cccc(-c2n[nH]c(=O)c3ccccc23)c1.Cl. The fourth-order valence-electron chi connectivity index (χ4n) is 3.21. The van der Waals surface area contributed by atoms with Gasteiger partial charge in [0.05, 0.1) is 11.1 Å². The first kappa shape index (κ1) is 23.6. The van der Waals surface area contributed by atoms with Crippen molar-refractivity contribution in [2.75, 3.05) is 11.9 Å². The zero-order valence-electron chi connectivity index (χ0n) is 17.4. The lowest BCUT2D eigenvalue weighted by Crippen LogP contribution is -2.26. The molecule has 0 aliphatic heterocycles. The summed E-state index contributed by atoms with van der Waals surface area (Å²) < 4.78 is 0. The maximum absolute atomic E-state index is 12.3. The summed E-state index contributed by atoms with van der Waals surface area (Å²) in [6.07, 6.45) is 3.43. The molecule has 160 valence electrons. The predicted molar refractivity (Wildman–Crippen MR) is 125 cm³/mol. The highest BCUT2D eigenvalue weighted by molar-refractivity contribution is 5.95. The fraction of sp³-hybridized carbons (Fsp3) is 0.348. The van der Waals surface area contributed by atoms with Crippen LogP contribution >= 0.6 is 12.4 Å². The van der Waals surface area contributed by atoms with Crippen molar-refractivity contribution in [1.29, 1.82) is 0 Å². The molecular formula is C23H29ClN4O2. The summed E-state index contributed by atoms with van der Waals surface area (Å²) in [7, 11) is 0. The van der Waals surface area contributed by atoms with E-state index in [1.165, 1.54) is 0 Å². The fourth-order valence-corrected chi connectivity index (χ4v) is 3.21. The Labute approximate surface area is 182 Å². The van der Waals surface area contributed by atoms with E-state index >= 15 is 0 Å². The van der Waals surface area contributed by atoms with E-state index in [1.807, 2.05) is 42.5 Å². The number of aromatic amines is 1. The molecule has 0 aliphatic carbocycles. The molecule has 0 saturated carbocycles. The number of H-pyrrole nitrogens is 1. The number of halogens is 1. The molecular weight excluding hydrogens is 400 g/mol. The van der Waals surface area contributed by atoms with E-state index in [-0.39, 0.29) is 23.9 Å². The molecule has 2 aromatic carbocycles. The first-order valence-corrected chi connectivity index (χ1v) is 10.2. The maximum atomic E-state index is 12.3. The third-order valence-electron chi connectivity index (χ3n) is 5.05. The van der Waals surface area contributed by atoms with Crippen molar-refractivity contribution in [2.24, 2.45) is 0 Å². The van der Waals surface area contributed by atoms with Crippen molar-refractivity contribution < 1.29 is 4.79 Å². The molecule has 30 heavy (non-hydrogen) atoms. The van der Waals surface area contributed by atoms with Crippen molar-refractivity contribution in [3.05, 3.63) is 58.9 Å². The summed E-state index contributed by atoms with van der Waals surface area (Å²) in [5, 5.41) is 14.6. The maximum Gasteiger partial charge on any atom is 0.272 e. The predicted octanol–water partition coefficient (Wildman–Crippen LogP) is 4.51. The first-order valence-electron chi connectivity index (χ1n) is 10.2. The van der Waals surface area contributed by atoms with Gasteiger partial charge in [0.2, 0.25) is 5.91 Å². The molecule has 7 heteroatoms. The van der Waals surface area contributed by atoms with Gasteiger partial charge in [-0.3, -0.25) is 9.59 Å². The van der Waals surface area contributed by atoms with Gasteiger partial charge < -0.3 is 10.6 Å². The lowest BCUT2D eigenvalue weighted by atomic mass is 10.0. The standard InChI is InChI=1S/C23H28N4O2.ClH/c1-3-16(2)24-14-7-6-13-21(28)25-18-10-8-9-17(15-18)22-19-11-4-5-12-20(19)23(29)27-26-22;/h4-5,8-12,15-16,24H,3,6-7,13-14H2,1-2H3,(H,25,28)(H,27,29);1H. The highest BCUT2D eigenvalue weighted by Crippen LogP contribution is 2.26. The van der Waals surface area contributed by atoms with Crippen molar-refractivity contribution in [3.8, 4) is 11.3 Å². The average Bonchev–Trinajstić information content (AvgIpc) is 2.74. The molecule has 6 nitrogen and oxygen atoms in total. The van der Waals surface area contributed by atoms with Crippen molar-refractivity contribution >= 4 is 34.8 Å². The zero-order valence-corrected chi connectivity index (χ0v) is 18.2. The molecule has 0 saturated heterocycles. The number of fused-ring (bicyclic) bond motifs is 1. The number of hydrogen-bond donors (Lipinski definition) is 3. The monoisotopic (exact) mass is 428 g/mol. The molecule has 3 N–H and O–H groups in total. The van der Waals surface area contributed by atoms with E-state index in [0.29, 0.717) is 23.5 Å². The van der Waals surface area contributed by atoms with Crippen molar-refractivity contribution in [2.45, 2.75) is 45.6 Å². The van der Waals surface area contributed by atoms with Gasteiger partial charge in [-0.15, -0.1) is 12.4 Å². The Morgan fingerprint density at radius 1 is 1.10 bits per heavy atom. The van der Waals surface area contributed by atoms with Crippen LogP contribution < -0.4 is 16.2 Å².